The minimum absolute atomic E-state index is 0.0440. The summed E-state index contributed by atoms with van der Waals surface area (Å²) in [5.74, 6) is 1.03. The average molecular weight is 278 g/mol. The standard InChI is InChI=1S/C12H14N4O2S/c1-8(2)7-15-11(13-14-12(15)19)9-4-3-5-10(6-9)16(17)18/h3-6,8H,7H2,1-2H3,(H,14,19). The van der Waals surface area contributed by atoms with Gasteiger partial charge in [0.15, 0.2) is 10.6 Å². The van der Waals surface area contributed by atoms with Crippen LogP contribution in [0, 0.1) is 20.8 Å². The van der Waals surface area contributed by atoms with Gasteiger partial charge in [-0.25, -0.2) is 0 Å². The van der Waals surface area contributed by atoms with E-state index in [4.69, 9.17) is 12.2 Å². The summed E-state index contributed by atoms with van der Waals surface area (Å²) in [6.07, 6.45) is 0. The van der Waals surface area contributed by atoms with E-state index in [1.807, 2.05) is 4.57 Å². The van der Waals surface area contributed by atoms with E-state index in [-0.39, 0.29) is 5.69 Å². The summed E-state index contributed by atoms with van der Waals surface area (Å²) in [6.45, 7) is 4.87. The molecule has 0 aliphatic heterocycles. The summed E-state index contributed by atoms with van der Waals surface area (Å²) in [4.78, 5) is 10.4. The van der Waals surface area contributed by atoms with Gasteiger partial charge in [-0.15, -0.1) is 0 Å². The zero-order chi connectivity index (χ0) is 14.0. The topological polar surface area (TPSA) is 76.8 Å². The van der Waals surface area contributed by atoms with Crippen LogP contribution in [0.15, 0.2) is 24.3 Å². The normalized spacial score (nSPS) is 10.9. The molecule has 1 aromatic carbocycles. The Kier molecular flexibility index (Phi) is 3.75. The van der Waals surface area contributed by atoms with Crippen molar-refractivity contribution < 1.29 is 4.92 Å². The van der Waals surface area contributed by atoms with Crippen LogP contribution in [0.4, 0.5) is 5.69 Å². The Balaban J connectivity index is 2.50. The van der Waals surface area contributed by atoms with E-state index in [0.29, 0.717) is 28.6 Å². The fourth-order valence-electron chi connectivity index (χ4n) is 1.83. The number of benzene rings is 1. The quantitative estimate of drug-likeness (QED) is 0.529. The van der Waals surface area contributed by atoms with Crippen molar-refractivity contribution in [1.29, 1.82) is 0 Å². The van der Waals surface area contributed by atoms with Crippen LogP contribution < -0.4 is 0 Å². The summed E-state index contributed by atoms with van der Waals surface area (Å²) in [5, 5.41) is 17.7. The smallest absolute Gasteiger partial charge is 0.270 e. The predicted molar refractivity (Wildman–Crippen MR) is 74.3 cm³/mol. The van der Waals surface area contributed by atoms with Gasteiger partial charge in [-0.3, -0.25) is 19.8 Å². The zero-order valence-corrected chi connectivity index (χ0v) is 11.5. The van der Waals surface area contributed by atoms with Gasteiger partial charge in [0, 0.05) is 24.2 Å². The van der Waals surface area contributed by atoms with Crippen LogP contribution in [0.25, 0.3) is 11.4 Å². The summed E-state index contributed by atoms with van der Waals surface area (Å²) >= 11 is 5.19. The Morgan fingerprint density at radius 1 is 1.53 bits per heavy atom. The van der Waals surface area contributed by atoms with Crippen molar-refractivity contribution in [3.8, 4) is 11.4 Å². The second kappa shape index (κ2) is 5.31. The van der Waals surface area contributed by atoms with E-state index < -0.39 is 4.92 Å². The Bertz CT molecular complexity index is 660. The minimum atomic E-state index is -0.419. The Hall–Kier alpha value is -2.02. The van der Waals surface area contributed by atoms with Gasteiger partial charge in [0.2, 0.25) is 0 Å². The molecule has 1 heterocycles. The first-order valence-corrected chi connectivity index (χ1v) is 6.30. The van der Waals surface area contributed by atoms with Crippen LogP contribution in [0.2, 0.25) is 0 Å². The van der Waals surface area contributed by atoms with Gasteiger partial charge in [-0.2, -0.15) is 5.10 Å². The van der Waals surface area contributed by atoms with Crippen LogP contribution in [0.5, 0.6) is 0 Å². The molecule has 0 unspecified atom stereocenters. The molecule has 0 fully saturated rings. The number of nitro groups is 1. The molecule has 0 radical (unpaired) electrons. The van der Waals surface area contributed by atoms with Crippen molar-refractivity contribution in [2.45, 2.75) is 20.4 Å². The van der Waals surface area contributed by atoms with Gasteiger partial charge >= 0.3 is 0 Å². The minimum Gasteiger partial charge on any atom is -0.300 e. The molecular formula is C12H14N4O2S. The highest BCUT2D eigenvalue weighted by molar-refractivity contribution is 7.71. The number of hydrogen-bond acceptors (Lipinski definition) is 4. The molecule has 0 saturated heterocycles. The second-order valence-electron chi connectivity index (χ2n) is 4.66. The van der Waals surface area contributed by atoms with Gasteiger partial charge in [0.1, 0.15) is 0 Å². The number of aromatic nitrogens is 3. The van der Waals surface area contributed by atoms with E-state index in [1.54, 1.807) is 12.1 Å². The fraction of sp³-hybridized carbons (Fsp3) is 0.333. The molecule has 19 heavy (non-hydrogen) atoms. The van der Waals surface area contributed by atoms with Crippen LogP contribution in [0.3, 0.4) is 0 Å². The average Bonchev–Trinajstić information content (AvgIpc) is 2.71. The Morgan fingerprint density at radius 2 is 2.26 bits per heavy atom. The predicted octanol–water partition coefficient (Wildman–Crippen LogP) is 3.17. The third kappa shape index (κ3) is 2.87. The molecule has 0 aliphatic rings. The molecule has 0 atom stereocenters. The summed E-state index contributed by atoms with van der Waals surface area (Å²) in [5.41, 5.74) is 0.727. The molecule has 2 aromatic rings. The van der Waals surface area contributed by atoms with Crippen molar-refractivity contribution in [2.24, 2.45) is 5.92 Å². The molecule has 0 spiro atoms. The highest BCUT2D eigenvalue weighted by Gasteiger charge is 2.13. The summed E-state index contributed by atoms with van der Waals surface area (Å²) in [6, 6.07) is 6.39. The third-order valence-electron chi connectivity index (χ3n) is 2.62. The Morgan fingerprint density at radius 3 is 2.89 bits per heavy atom. The number of non-ortho nitro benzene ring substituents is 1. The molecule has 2 rings (SSSR count). The molecule has 0 amide bonds. The summed E-state index contributed by atoms with van der Waals surface area (Å²) < 4.78 is 2.38. The molecule has 1 N–H and O–H groups in total. The SMILES string of the molecule is CC(C)Cn1c(-c2cccc([N+](=O)[O-])c2)n[nH]c1=S. The zero-order valence-electron chi connectivity index (χ0n) is 10.7. The molecular weight excluding hydrogens is 264 g/mol. The van der Waals surface area contributed by atoms with Crippen molar-refractivity contribution in [2.75, 3.05) is 0 Å². The molecule has 0 saturated carbocycles. The molecule has 100 valence electrons. The van der Waals surface area contributed by atoms with Crippen molar-refractivity contribution in [3.63, 3.8) is 0 Å². The van der Waals surface area contributed by atoms with E-state index in [9.17, 15) is 10.1 Å². The molecule has 0 aliphatic carbocycles. The van der Waals surface area contributed by atoms with E-state index in [0.717, 1.165) is 0 Å². The van der Waals surface area contributed by atoms with Gasteiger partial charge < -0.3 is 0 Å². The van der Waals surface area contributed by atoms with E-state index in [2.05, 4.69) is 24.0 Å². The first kappa shape index (κ1) is 13.4. The third-order valence-corrected chi connectivity index (χ3v) is 2.93. The fourth-order valence-corrected chi connectivity index (χ4v) is 2.04. The van der Waals surface area contributed by atoms with Crippen molar-refractivity contribution in [1.82, 2.24) is 14.8 Å². The molecule has 6 nitrogen and oxygen atoms in total. The lowest BCUT2D eigenvalue weighted by Crippen LogP contribution is -2.06. The maximum Gasteiger partial charge on any atom is 0.270 e. The second-order valence-corrected chi connectivity index (χ2v) is 5.05. The van der Waals surface area contributed by atoms with Gasteiger partial charge in [0.25, 0.3) is 5.69 Å². The maximum absolute atomic E-state index is 10.8. The highest BCUT2D eigenvalue weighted by atomic mass is 32.1. The first-order chi connectivity index (χ1) is 8.99. The van der Waals surface area contributed by atoms with Crippen LogP contribution in [0.1, 0.15) is 13.8 Å². The Labute approximate surface area is 115 Å². The molecule has 0 bridgehead atoms. The van der Waals surface area contributed by atoms with Gasteiger partial charge in [-0.1, -0.05) is 26.0 Å². The van der Waals surface area contributed by atoms with Crippen LogP contribution >= 0.6 is 12.2 Å². The first-order valence-electron chi connectivity index (χ1n) is 5.89. The number of nitrogens with zero attached hydrogens (tertiary/aromatic N) is 3. The molecule has 1 aromatic heterocycles. The van der Waals surface area contributed by atoms with Crippen molar-refractivity contribution in [3.05, 3.63) is 39.2 Å². The number of nitrogens with one attached hydrogen (secondary N) is 1. The highest BCUT2D eigenvalue weighted by Crippen LogP contribution is 2.23. The number of aromatic amines is 1. The van der Waals surface area contributed by atoms with Crippen LogP contribution in [-0.2, 0) is 6.54 Å². The lowest BCUT2D eigenvalue weighted by atomic mass is 10.1. The monoisotopic (exact) mass is 278 g/mol. The lowest BCUT2D eigenvalue weighted by Gasteiger charge is -2.09. The van der Waals surface area contributed by atoms with E-state index in [1.165, 1.54) is 12.1 Å². The number of rotatable bonds is 4. The molecule has 7 heteroatoms. The lowest BCUT2D eigenvalue weighted by molar-refractivity contribution is -0.384. The van der Waals surface area contributed by atoms with Gasteiger partial charge in [0.05, 0.1) is 4.92 Å². The van der Waals surface area contributed by atoms with Gasteiger partial charge in [-0.05, 0) is 18.1 Å². The van der Waals surface area contributed by atoms with Crippen molar-refractivity contribution >= 4 is 17.9 Å². The number of H-pyrrole nitrogens is 1. The van der Waals surface area contributed by atoms with Crippen LogP contribution in [-0.4, -0.2) is 19.7 Å². The maximum atomic E-state index is 10.8. The summed E-state index contributed by atoms with van der Waals surface area (Å²) in [7, 11) is 0. The number of hydrogen-bond donors (Lipinski definition) is 1. The number of nitro benzene ring substituents is 1. The van der Waals surface area contributed by atoms with E-state index >= 15 is 0 Å². The largest absolute Gasteiger partial charge is 0.300 e.